The molecular formula is C16H17NO4. The molecule has 0 saturated heterocycles. The van der Waals surface area contributed by atoms with Crippen LogP contribution in [-0.4, -0.2) is 18.5 Å². The van der Waals surface area contributed by atoms with E-state index in [1.807, 2.05) is 24.3 Å². The fourth-order valence-electron chi connectivity index (χ4n) is 1.75. The van der Waals surface area contributed by atoms with Gasteiger partial charge >= 0.3 is 5.97 Å². The smallest absolute Gasteiger partial charge is 0.374 e. The number of hydrogen-bond acceptors (Lipinski definition) is 4. The van der Waals surface area contributed by atoms with Crippen molar-refractivity contribution < 1.29 is 18.7 Å². The largest absolute Gasteiger partial charge is 0.457 e. The number of nitrogens with one attached hydrogen (secondary N) is 1. The van der Waals surface area contributed by atoms with E-state index in [1.165, 1.54) is 17.9 Å². The summed E-state index contributed by atoms with van der Waals surface area (Å²) < 4.78 is 9.71. The van der Waals surface area contributed by atoms with Crippen molar-refractivity contribution in [3.05, 3.63) is 54.0 Å². The van der Waals surface area contributed by atoms with Crippen molar-refractivity contribution in [1.29, 1.82) is 0 Å². The summed E-state index contributed by atoms with van der Waals surface area (Å²) in [5.41, 5.74) is 1.86. The number of carbonyl (C=O) groups is 2. The number of ether oxygens (including phenoxy) is 1. The van der Waals surface area contributed by atoms with Crippen molar-refractivity contribution in [2.24, 2.45) is 0 Å². The second kappa shape index (κ2) is 6.74. The van der Waals surface area contributed by atoms with E-state index in [4.69, 9.17) is 9.15 Å². The molecule has 1 aromatic carbocycles. The Balaban J connectivity index is 1.83. The number of furan rings is 1. The molecule has 0 atom stereocenters. The van der Waals surface area contributed by atoms with Crippen LogP contribution in [0, 0.1) is 0 Å². The predicted molar refractivity (Wildman–Crippen MR) is 78.2 cm³/mol. The van der Waals surface area contributed by atoms with Gasteiger partial charge in [-0.2, -0.15) is 0 Å². The molecule has 0 aliphatic rings. The molecular weight excluding hydrogens is 270 g/mol. The summed E-state index contributed by atoms with van der Waals surface area (Å²) in [7, 11) is 0. The molecule has 0 spiro atoms. The molecule has 1 heterocycles. The average molecular weight is 287 g/mol. The van der Waals surface area contributed by atoms with Gasteiger partial charge in [-0.1, -0.05) is 26.0 Å². The summed E-state index contributed by atoms with van der Waals surface area (Å²) in [4.78, 5) is 23.2. The lowest BCUT2D eigenvalue weighted by molar-refractivity contribution is -0.119. The molecule has 2 aromatic rings. The van der Waals surface area contributed by atoms with Crippen LogP contribution in [0.25, 0.3) is 0 Å². The van der Waals surface area contributed by atoms with Crippen molar-refractivity contribution >= 4 is 17.6 Å². The van der Waals surface area contributed by atoms with Gasteiger partial charge in [-0.25, -0.2) is 4.79 Å². The number of anilines is 1. The molecule has 110 valence electrons. The van der Waals surface area contributed by atoms with E-state index < -0.39 is 11.9 Å². The third kappa shape index (κ3) is 4.21. The minimum Gasteiger partial charge on any atom is -0.457 e. The summed E-state index contributed by atoms with van der Waals surface area (Å²) in [6.45, 7) is 3.84. The van der Waals surface area contributed by atoms with Crippen molar-refractivity contribution in [3.8, 4) is 0 Å². The van der Waals surface area contributed by atoms with Crippen molar-refractivity contribution in [2.75, 3.05) is 11.9 Å². The lowest BCUT2D eigenvalue weighted by atomic mass is 10.0. The molecule has 5 nitrogen and oxygen atoms in total. The van der Waals surface area contributed by atoms with Crippen LogP contribution in [0.2, 0.25) is 0 Å². The van der Waals surface area contributed by atoms with Crippen molar-refractivity contribution in [1.82, 2.24) is 0 Å². The van der Waals surface area contributed by atoms with Gasteiger partial charge in [-0.05, 0) is 35.7 Å². The Kier molecular flexibility index (Phi) is 4.77. The van der Waals surface area contributed by atoms with Gasteiger partial charge in [0.1, 0.15) is 0 Å². The van der Waals surface area contributed by atoms with Gasteiger partial charge in [-0.15, -0.1) is 0 Å². The van der Waals surface area contributed by atoms with Crippen LogP contribution in [0.3, 0.4) is 0 Å². The second-order valence-corrected chi connectivity index (χ2v) is 4.88. The zero-order chi connectivity index (χ0) is 15.2. The first-order chi connectivity index (χ1) is 10.1. The Labute approximate surface area is 122 Å². The lowest BCUT2D eigenvalue weighted by Gasteiger charge is -2.08. The number of amides is 1. The maximum Gasteiger partial charge on any atom is 0.374 e. The first kappa shape index (κ1) is 14.8. The normalized spacial score (nSPS) is 10.4. The fourth-order valence-corrected chi connectivity index (χ4v) is 1.75. The molecule has 1 amide bonds. The first-order valence-corrected chi connectivity index (χ1v) is 6.66. The molecule has 1 aromatic heterocycles. The fraction of sp³-hybridized carbons (Fsp3) is 0.250. The highest BCUT2D eigenvalue weighted by atomic mass is 16.5. The number of hydrogen-bond donors (Lipinski definition) is 1. The summed E-state index contributed by atoms with van der Waals surface area (Å²) in [6, 6.07) is 10.6. The molecule has 0 aliphatic carbocycles. The molecule has 0 radical (unpaired) electrons. The lowest BCUT2D eigenvalue weighted by Crippen LogP contribution is -2.20. The van der Waals surface area contributed by atoms with Crippen molar-refractivity contribution in [3.63, 3.8) is 0 Å². The first-order valence-electron chi connectivity index (χ1n) is 6.66. The highest BCUT2D eigenvalue weighted by Gasteiger charge is 2.12. The summed E-state index contributed by atoms with van der Waals surface area (Å²) in [5.74, 6) is -0.550. The predicted octanol–water partition coefficient (Wildman–Crippen LogP) is 3.20. The Morgan fingerprint density at radius 3 is 2.48 bits per heavy atom. The van der Waals surface area contributed by atoms with E-state index in [2.05, 4.69) is 19.2 Å². The average Bonchev–Trinajstić information content (AvgIpc) is 2.99. The summed E-state index contributed by atoms with van der Waals surface area (Å²) in [6.07, 6.45) is 1.37. The quantitative estimate of drug-likeness (QED) is 0.857. The molecule has 21 heavy (non-hydrogen) atoms. The Hall–Kier alpha value is -2.56. The highest BCUT2D eigenvalue weighted by molar-refractivity contribution is 5.94. The molecule has 0 aliphatic heterocycles. The molecule has 1 N–H and O–H groups in total. The maximum atomic E-state index is 11.7. The standard InChI is InChI=1S/C16H17NO4/c1-11(2)12-5-7-13(8-6-12)17-15(18)10-21-16(19)14-4-3-9-20-14/h3-9,11H,10H2,1-2H3,(H,17,18). The number of rotatable bonds is 5. The molecule has 0 fully saturated rings. The van der Waals surface area contributed by atoms with Crippen LogP contribution < -0.4 is 5.32 Å². The molecule has 5 heteroatoms. The SMILES string of the molecule is CC(C)c1ccc(NC(=O)COC(=O)c2ccco2)cc1. The molecule has 2 rings (SSSR count). The second-order valence-electron chi connectivity index (χ2n) is 4.88. The van der Waals surface area contributed by atoms with E-state index in [1.54, 1.807) is 6.07 Å². The third-order valence-electron chi connectivity index (χ3n) is 2.92. The zero-order valence-electron chi connectivity index (χ0n) is 12.0. The molecule has 0 unspecified atom stereocenters. The van der Waals surface area contributed by atoms with E-state index in [9.17, 15) is 9.59 Å². The van der Waals surface area contributed by atoms with Crippen LogP contribution in [0.15, 0.2) is 47.1 Å². The van der Waals surface area contributed by atoms with Crippen LogP contribution in [0.4, 0.5) is 5.69 Å². The topological polar surface area (TPSA) is 68.5 Å². The van der Waals surface area contributed by atoms with Gasteiger partial charge in [0.05, 0.1) is 6.26 Å². The monoisotopic (exact) mass is 287 g/mol. The van der Waals surface area contributed by atoms with Gasteiger partial charge in [0.15, 0.2) is 6.61 Å². The Morgan fingerprint density at radius 1 is 1.19 bits per heavy atom. The van der Waals surface area contributed by atoms with E-state index >= 15 is 0 Å². The van der Waals surface area contributed by atoms with Crippen molar-refractivity contribution in [2.45, 2.75) is 19.8 Å². The Morgan fingerprint density at radius 2 is 1.90 bits per heavy atom. The van der Waals surface area contributed by atoms with Gasteiger partial charge in [-0.3, -0.25) is 4.79 Å². The number of carbonyl (C=O) groups excluding carboxylic acids is 2. The minimum atomic E-state index is -0.662. The van der Waals surface area contributed by atoms with E-state index in [-0.39, 0.29) is 12.4 Å². The summed E-state index contributed by atoms with van der Waals surface area (Å²) >= 11 is 0. The van der Waals surface area contributed by atoms with Gasteiger partial charge in [0, 0.05) is 5.69 Å². The molecule has 0 bridgehead atoms. The van der Waals surface area contributed by atoms with E-state index in [0.717, 1.165) is 0 Å². The van der Waals surface area contributed by atoms with Crippen LogP contribution >= 0.6 is 0 Å². The Bertz CT molecular complexity index is 600. The summed E-state index contributed by atoms with van der Waals surface area (Å²) in [5, 5.41) is 2.66. The van der Waals surface area contributed by atoms with Crippen LogP contribution in [0.1, 0.15) is 35.9 Å². The van der Waals surface area contributed by atoms with Crippen LogP contribution in [-0.2, 0) is 9.53 Å². The zero-order valence-corrected chi connectivity index (χ0v) is 12.0. The highest BCUT2D eigenvalue weighted by Crippen LogP contribution is 2.17. The third-order valence-corrected chi connectivity index (χ3v) is 2.92. The van der Waals surface area contributed by atoms with E-state index in [0.29, 0.717) is 11.6 Å². The molecule has 0 saturated carbocycles. The van der Waals surface area contributed by atoms with Crippen LogP contribution in [0.5, 0.6) is 0 Å². The maximum absolute atomic E-state index is 11.7. The van der Waals surface area contributed by atoms with Gasteiger partial charge in [0.25, 0.3) is 5.91 Å². The number of benzene rings is 1. The number of esters is 1. The minimum absolute atomic E-state index is 0.0732. The van der Waals surface area contributed by atoms with Gasteiger partial charge < -0.3 is 14.5 Å². The van der Waals surface area contributed by atoms with Gasteiger partial charge in [0.2, 0.25) is 5.76 Å².